The van der Waals surface area contributed by atoms with E-state index in [1.807, 2.05) is 0 Å². The molecule has 2 N–H and O–H groups in total. The summed E-state index contributed by atoms with van der Waals surface area (Å²) in [7, 11) is -2.87. The van der Waals surface area contributed by atoms with Gasteiger partial charge in [0, 0.05) is 42.7 Å². The Balaban J connectivity index is 1.60. The largest absolute Gasteiger partial charge is 0.354 e. The van der Waals surface area contributed by atoms with Gasteiger partial charge in [-0.1, -0.05) is 0 Å². The van der Waals surface area contributed by atoms with Crippen LogP contribution in [0.3, 0.4) is 0 Å². The standard InChI is InChI=1S/C15H22N4O2S/c16-12-7-11(8-12)13-9-14(18-15(17-13)10-1-2-10)19-3-5-22(20,21)6-4-19/h9-12H,1-8,16H2. The highest BCUT2D eigenvalue weighted by Crippen LogP contribution is 2.41. The smallest absolute Gasteiger partial charge is 0.153 e. The molecular weight excluding hydrogens is 300 g/mol. The summed E-state index contributed by atoms with van der Waals surface area (Å²) in [6.07, 6.45) is 4.33. The molecule has 1 saturated heterocycles. The first kappa shape index (κ1) is 14.4. The number of anilines is 1. The van der Waals surface area contributed by atoms with E-state index in [1.54, 1.807) is 0 Å². The predicted octanol–water partition coefficient (Wildman–Crippen LogP) is 0.793. The Labute approximate surface area is 131 Å². The van der Waals surface area contributed by atoms with Gasteiger partial charge in [-0.15, -0.1) is 0 Å². The molecule has 2 heterocycles. The fourth-order valence-electron chi connectivity index (χ4n) is 3.21. The lowest BCUT2D eigenvalue weighted by atomic mass is 9.78. The summed E-state index contributed by atoms with van der Waals surface area (Å²) >= 11 is 0. The van der Waals surface area contributed by atoms with Gasteiger partial charge in [0.05, 0.1) is 11.5 Å². The SMILES string of the molecule is NC1CC(c2cc(N3CCS(=O)(=O)CC3)nc(C3CC3)n2)C1. The molecule has 22 heavy (non-hydrogen) atoms. The van der Waals surface area contributed by atoms with Crippen LogP contribution in [-0.4, -0.2) is 49.0 Å². The van der Waals surface area contributed by atoms with Crippen molar-refractivity contribution in [3.63, 3.8) is 0 Å². The van der Waals surface area contributed by atoms with E-state index in [1.165, 1.54) is 12.8 Å². The zero-order chi connectivity index (χ0) is 15.3. The lowest BCUT2D eigenvalue weighted by molar-refractivity contribution is 0.344. The van der Waals surface area contributed by atoms with Gasteiger partial charge < -0.3 is 10.6 Å². The van der Waals surface area contributed by atoms with Crippen LogP contribution in [0.4, 0.5) is 5.82 Å². The third-order valence-corrected chi connectivity index (χ3v) is 6.56. The van der Waals surface area contributed by atoms with Gasteiger partial charge in [-0.2, -0.15) is 0 Å². The number of hydrogen-bond donors (Lipinski definition) is 1. The number of nitrogens with zero attached hydrogens (tertiary/aromatic N) is 3. The van der Waals surface area contributed by atoms with Gasteiger partial charge >= 0.3 is 0 Å². The second-order valence-corrected chi connectivity index (χ2v) is 9.15. The average Bonchev–Trinajstić information content (AvgIpc) is 3.28. The molecular formula is C15H22N4O2S. The van der Waals surface area contributed by atoms with E-state index < -0.39 is 9.84 Å². The Morgan fingerprint density at radius 3 is 2.36 bits per heavy atom. The predicted molar refractivity (Wildman–Crippen MR) is 84.8 cm³/mol. The molecule has 0 aromatic carbocycles. The maximum atomic E-state index is 11.6. The van der Waals surface area contributed by atoms with Gasteiger partial charge in [0.1, 0.15) is 11.6 Å². The Hall–Kier alpha value is -1.21. The molecule has 120 valence electrons. The normalized spacial score (nSPS) is 30.9. The monoisotopic (exact) mass is 322 g/mol. The summed E-state index contributed by atoms with van der Waals surface area (Å²) in [5, 5.41) is 0. The van der Waals surface area contributed by atoms with Gasteiger partial charge in [-0.3, -0.25) is 0 Å². The lowest BCUT2D eigenvalue weighted by Crippen LogP contribution is -2.41. The third-order valence-electron chi connectivity index (χ3n) is 4.95. The minimum atomic E-state index is -2.87. The van der Waals surface area contributed by atoms with Crippen molar-refractivity contribution in [3.8, 4) is 0 Å². The zero-order valence-electron chi connectivity index (χ0n) is 12.6. The third kappa shape index (κ3) is 2.84. The van der Waals surface area contributed by atoms with Crippen LogP contribution in [0.25, 0.3) is 0 Å². The maximum Gasteiger partial charge on any atom is 0.153 e. The number of aromatic nitrogens is 2. The second kappa shape index (κ2) is 5.16. The molecule has 0 bridgehead atoms. The maximum absolute atomic E-state index is 11.6. The minimum Gasteiger partial charge on any atom is -0.354 e. The van der Waals surface area contributed by atoms with E-state index in [0.29, 0.717) is 31.0 Å². The van der Waals surface area contributed by atoms with Crippen molar-refractivity contribution in [2.24, 2.45) is 5.73 Å². The summed E-state index contributed by atoms with van der Waals surface area (Å²) in [5.74, 6) is 3.24. The topological polar surface area (TPSA) is 89.2 Å². The molecule has 0 unspecified atom stereocenters. The minimum absolute atomic E-state index is 0.222. The highest BCUT2D eigenvalue weighted by molar-refractivity contribution is 7.91. The van der Waals surface area contributed by atoms with Gasteiger partial charge in [0.25, 0.3) is 0 Å². The van der Waals surface area contributed by atoms with E-state index in [-0.39, 0.29) is 11.5 Å². The van der Waals surface area contributed by atoms with Crippen molar-refractivity contribution in [1.82, 2.24) is 9.97 Å². The van der Waals surface area contributed by atoms with Crippen LogP contribution in [0.15, 0.2) is 6.07 Å². The van der Waals surface area contributed by atoms with Crippen LogP contribution in [0.2, 0.25) is 0 Å². The quantitative estimate of drug-likeness (QED) is 0.885. The fraction of sp³-hybridized carbons (Fsp3) is 0.733. The summed E-state index contributed by atoms with van der Waals surface area (Å²) < 4.78 is 23.2. The van der Waals surface area contributed by atoms with E-state index >= 15 is 0 Å². The number of sulfone groups is 1. The molecule has 2 aliphatic carbocycles. The molecule has 0 radical (unpaired) electrons. The van der Waals surface area contributed by atoms with Gasteiger partial charge in [-0.25, -0.2) is 18.4 Å². The zero-order valence-corrected chi connectivity index (χ0v) is 13.4. The molecule has 1 aromatic rings. The lowest BCUT2D eigenvalue weighted by Gasteiger charge is -2.33. The highest BCUT2D eigenvalue weighted by atomic mass is 32.2. The second-order valence-electron chi connectivity index (χ2n) is 6.85. The van der Waals surface area contributed by atoms with Crippen molar-refractivity contribution in [1.29, 1.82) is 0 Å². The first-order valence-electron chi connectivity index (χ1n) is 8.10. The van der Waals surface area contributed by atoms with Crippen LogP contribution in [-0.2, 0) is 9.84 Å². The molecule has 2 saturated carbocycles. The van der Waals surface area contributed by atoms with Crippen LogP contribution in [0.1, 0.15) is 49.0 Å². The van der Waals surface area contributed by atoms with E-state index in [2.05, 4.69) is 11.0 Å². The van der Waals surface area contributed by atoms with Crippen molar-refractivity contribution >= 4 is 15.7 Å². The van der Waals surface area contributed by atoms with Crippen LogP contribution in [0, 0.1) is 0 Å². The van der Waals surface area contributed by atoms with Crippen LogP contribution < -0.4 is 10.6 Å². The van der Waals surface area contributed by atoms with Gasteiger partial charge in [-0.05, 0) is 25.7 Å². The molecule has 4 rings (SSSR count). The Morgan fingerprint density at radius 2 is 1.77 bits per heavy atom. The molecule has 3 aliphatic rings. The van der Waals surface area contributed by atoms with Crippen molar-refractivity contribution < 1.29 is 8.42 Å². The molecule has 1 aromatic heterocycles. The van der Waals surface area contributed by atoms with Crippen molar-refractivity contribution in [3.05, 3.63) is 17.6 Å². The Morgan fingerprint density at radius 1 is 1.09 bits per heavy atom. The number of hydrogen-bond acceptors (Lipinski definition) is 6. The summed E-state index contributed by atoms with van der Waals surface area (Å²) in [4.78, 5) is 11.6. The van der Waals surface area contributed by atoms with Crippen molar-refractivity contribution in [2.45, 2.75) is 43.6 Å². The molecule has 3 fully saturated rings. The van der Waals surface area contributed by atoms with Gasteiger partial charge in [0.15, 0.2) is 9.84 Å². The first-order valence-corrected chi connectivity index (χ1v) is 9.92. The number of nitrogens with two attached hydrogens (primary N) is 1. The molecule has 0 atom stereocenters. The first-order chi connectivity index (χ1) is 10.5. The molecule has 7 heteroatoms. The number of rotatable bonds is 3. The van der Waals surface area contributed by atoms with Crippen LogP contribution in [0.5, 0.6) is 0 Å². The summed E-state index contributed by atoms with van der Waals surface area (Å²) in [6.45, 7) is 1.07. The Kier molecular flexibility index (Phi) is 3.38. The molecule has 1 aliphatic heterocycles. The molecule has 0 amide bonds. The van der Waals surface area contributed by atoms with E-state index in [4.69, 9.17) is 15.7 Å². The van der Waals surface area contributed by atoms with E-state index in [9.17, 15) is 8.42 Å². The van der Waals surface area contributed by atoms with Crippen molar-refractivity contribution in [2.75, 3.05) is 29.5 Å². The Bertz CT molecular complexity index is 667. The molecule has 6 nitrogen and oxygen atoms in total. The van der Waals surface area contributed by atoms with E-state index in [0.717, 1.165) is 30.2 Å². The summed E-state index contributed by atoms with van der Waals surface area (Å²) in [6, 6.07) is 2.35. The van der Waals surface area contributed by atoms with Crippen LogP contribution >= 0.6 is 0 Å². The molecule has 0 spiro atoms. The fourth-order valence-corrected chi connectivity index (χ4v) is 4.41. The highest BCUT2D eigenvalue weighted by Gasteiger charge is 2.33. The average molecular weight is 322 g/mol. The van der Waals surface area contributed by atoms with Gasteiger partial charge in [0.2, 0.25) is 0 Å². The summed E-state index contributed by atoms with van der Waals surface area (Å²) in [5.41, 5.74) is 7.01.